The van der Waals surface area contributed by atoms with Crippen molar-refractivity contribution in [1.29, 1.82) is 0 Å². The van der Waals surface area contributed by atoms with Gasteiger partial charge in [-0.05, 0) is 31.5 Å². The number of aliphatic hydroxyl groups is 1. The molecule has 1 aromatic rings. The maximum atomic E-state index is 12.0. The Hall–Kier alpha value is -0.770. The minimum Gasteiger partial charge on any atom is -0.389 e. The van der Waals surface area contributed by atoms with Crippen molar-refractivity contribution in [3.05, 3.63) is 33.8 Å². The van der Waals surface area contributed by atoms with Gasteiger partial charge >= 0.3 is 0 Å². The molecule has 0 aliphatic carbocycles. The Labute approximate surface area is 117 Å². The van der Waals surface area contributed by atoms with E-state index >= 15 is 0 Å². The molecule has 0 bridgehead atoms. The molecule has 0 aromatic heterocycles. The van der Waals surface area contributed by atoms with Crippen LogP contribution < -0.4 is 0 Å². The van der Waals surface area contributed by atoms with Crippen LogP contribution in [-0.4, -0.2) is 35.1 Å². The van der Waals surface area contributed by atoms with Crippen LogP contribution in [0.2, 0.25) is 10.0 Å². The molecular formula is C13H17Cl2NO2. The summed E-state index contributed by atoms with van der Waals surface area (Å²) in [7, 11) is 1.64. The number of hydrogen-bond acceptors (Lipinski definition) is 2. The van der Waals surface area contributed by atoms with E-state index in [9.17, 15) is 9.90 Å². The lowest BCUT2D eigenvalue weighted by molar-refractivity contribution is -0.131. The molecule has 0 aliphatic rings. The SMILES string of the molecule is CN(CC(C)(C)O)C(=O)Cc1c(Cl)cccc1Cl. The van der Waals surface area contributed by atoms with Crippen molar-refractivity contribution in [2.75, 3.05) is 13.6 Å². The van der Waals surface area contributed by atoms with E-state index in [2.05, 4.69) is 0 Å². The van der Waals surface area contributed by atoms with Crippen molar-refractivity contribution >= 4 is 29.1 Å². The molecule has 0 spiro atoms. The predicted octanol–water partition coefficient (Wildman–Crippen LogP) is 2.77. The standard InChI is InChI=1S/C13H17Cl2NO2/c1-13(2,18)8-16(3)12(17)7-9-10(14)5-4-6-11(9)15/h4-6,18H,7-8H2,1-3H3. The van der Waals surface area contributed by atoms with Crippen LogP contribution in [0.15, 0.2) is 18.2 Å². The number of benzene rings is 1. The van der Waals surface area contributed by atoms with Crippen LogP contribution in [0.25, 0.3) is 0 Å². The fourth-order valence-corrected chi connectivity index (χ4v) is 2.19. The predicted molar refractivity (Wildman–Crippen MR) is 74.1 cm³/mol. The Balaban J connectivity index is 2.76. The molecule has 0 saturated heterocycles. The minimum absolute atomic E-state index is 0.130. The van der Waals surface area contributed by atoms with Crippen molar-refractivity contribution in [2.24, 2.45) is 0 Å². The zero-order valence-electron chi connectivity index (χ0n) is 10.7. The fourth-order valence-electron chi connectivity index (χ4n) is 1.66. The summed E-state index contributed by atoms with van der Waals surface area (Å²) < 4.78 is 0. The molecule has 1 rings (SSSR count). The molecule has 100 valence electrons. The van der Waals surface area contributed by atoms with E-state index in [1.807, 2.05) is 0 Å². The van der Waals surface area contributed by atoms with Crippen LogP contribution in [0.5, 0.6) is 0 Å². The van der Waals surface area contributed by atoms with Crippen LogP contribution in [0.4, 0.5) is 0 Å². The second-order valence-electron chi connectivity index (χ2n) is 4.94. The third-order valence-corrected chi connectivity index (χ3v) is 3.15. The summed E-state index contributed by atoms with van der Waals surface area (Å²) in [5.41, 5.74) is -0.303. The van der Waals surface area contributed by atoms with Crippen molar-refractivity contribution in [3.8, 4) is 0 Å². The van der Waals surface area contributed by atoms with Crippen LogP contribution in [-0.2, 0) is 11.2 Å². The zero-order chi connectivity index (χ0) is 13.9. The number of carbonyl (C=O) groups excluding carboxylic acids is 1. The summed E-state index contributed by atoms with van der Waals surface area (Å²) in [4.78, 5) is 13.5. The lowest BCUT2D eigenvalue weighted by atomic mass is 10.1. The highest BCUT2D eigenvalue weighted by atomic mass is 35.5. The molecule has 1 amide bonds. The first kappa shape index (κ1) is 15.3. The van der Waals surface area contributed by atoms with E-state index < -0.39 is 5.60 Å². The van der Waals surface area contributed by atoms with Gasteiger partial charge in [0.05, 0.1) is 12.0 Å². The lowest BCUT2D eigenvalue weighted by Gasteiger charge is -2.25. The third kappa shape index (κ3) is 4.48. The second kappa shape index (κ2) is 5.91. The van der Waals surface area contributed by atoms with Crippen molar-refractivity contribution in [2.45, 2.75) is 25.9 Å². The van der Waals surface area contributed by atoms with E-state index in [-0.39, 0.29) is 18.9 Å². The Morgan fingerprint density at radius 3 is 2.28 bits per heavy atom. The molecule has 1 aromatic carbocycles. The minimum atomic E-state index is -0.922. The number of amides is 1. The topological polar surface area (TPSA) is 40.5 Å². The molecule has 0 heterocycles. The highest BCUT2D eigenvalue weighted by Gasteiger charge is 2.20. The van der Waals surface area contributed by atoms with Crippen LogP contribution in [0.1, 0.15) is 19.4 Å². The Morgan fingerprint density at radius 1 is 1.33 bits per heavy atom. The van der Waals surface area contributed by atoms with E-state index in [1.54, 1.807) is 39.1 Å². The average Bonchev–Trinajstić information content (AvgIpc) is 2.21. The Kier molecular flexibility index (Phi) is 5.02. The average molecular weight is 290 g/mol. The highest BCUT2D eigenvalue weighted by molar-refractivity contribution is 6.36. The summed E-state index contributed by atoms with van der Waals surface area (Å²) in [6.45, 7) is 3.56. The molecule has 0 aliphatic heterocycles. The summed E-state index contributed by atoms with van der Waals surface area (Å²) in [6.07, 6.45) is 0.130. The van der Waals surface area contributed by atoms with Gasteiger partial charge in [0.15, 0.2) is 0 Å². The zero-order valence-corrected chi connectivity index (χ0v) is 12.2. The van der Waals surface area contributed by atoms with Gasteiger partial charge < -0.3 is 10.0 Å². The number of rotatable bonds is 4. The van der Waals surface area contributed by atoms with Crippen LogP contribution in [0, 0.1) is 0 Å². The summed E-state index contributed by atoms with van der Waals surface area (Å²) >= 11 is 12.0. The molecular weight excluding hydrogens is 273 g/mol. The van der Waals surface area contributed by atoms with E-state index in [0.29, 0.717) is 15.6 Å². The molecule has 0 fully saturated rings. The van der Waals surface area contributed by atoms with Crippen molar-refractivity contribution in [1.82, 2.24) is 4.90 Å². The summed E-state index contributed by atoms with van der Waals surface area (Å²) in [6, 6.07) is 5.14. The smallest absolute Gasteiger partial charge is 0.226 e. The maximum absolute atomic E-state index is 12.0. The first-order chi connectivity index (χ1) is 8.20. The van der Waals surface area contributed by atoms with E-state index in [4.69, 9.17) is 23.2 Å². The largest absolute Gasteiger partial charge is 0.389 e. The molecule has 0 radical (unpaired) electrons. The van der Waals surface area contributed by atoms with Gasteiger partial charge in [0, 0.05) is 23.6 Å². The van der Waals surface area contributed by atoms with Gasteiger partial charge in [-0.15, -0.1) is 0 Å². The molecule has 0 atom stereocenters. The molecule has 3 nitrogen and oxygen atoms in total. The van der Waals surface area contributed by atoms with Gasteiger partial charge in [-0.3, -0.25) is 4.79 Å². The third-order valence-electron chi connectivity index (χ3n) is 2.44. The van der Waals surface area contributed by atoms with Gasteiger partial charge in [0.25, 0.3) is 0 Å². The first-order valence-corrected chi connectivity index (χ1v) is 6.35. The van der Waals surface area contributed by atoms with Gasteiger partial charge in [-0.2, -0.15) is 0 Å². The van der Waals surface area contributed by atoms with E-state index in [0.717, 1.165) is 0 Å². The number of likely N-dealkylation sites (N-methyl/N-ethyl adjacent to an activating group) is 1. The number of carbonyl (C=O) groups is 1. The number of nitrogens with zero attached hydrogens (tertiary/aromatic N) is 1. The van der Waals surface area contributed by atoms with Gasteiger partial charge in [0.1, 0.15) is 0 Å². The van der Waals surface area contributed by atoms with Crippen LogP contribution >= 0.6 is 23.2 Å². The quantitative estimate of drug-likeness (QED) is 0.926. The molecule has 5 heteroatoms. The number of halogens is 2. The highest BCUT2D eigenvalue weighted by Crippen LogP contribution is 2.25. The Bertz CT molecular complexity index is 421. The molecule has 0 unspecified atom stereocenters. The molecule has 0 saturated carbocycles. The Morgan fingerprint density at radius 2 is 1.83 bits per heavy atom. The van der Waals surface area contributed by atoms with Gasteiger partial charge in [-0.1, -0.05) is 29.3 Å². The fraction of sp³-hybridized carbons (Fsp3) is 0.462. The number of hydrogen-bond donors (Lipinski definition) is 1. The summed E-state index contributed by atoms with van der Waals surface area (Å²) in [5, 5.41) is 10.6. The van der Waals surface area contributed by atoms with Gasteiger partial charge in [0.2, 0.25) is 5.91 Å². The van der Waals surface area contributed by atoms with Crippen LogP contribution in [0.3, 0.4) is 0 Å². The van der Waals surface area contributed by atoms with Crippen molar-refractivity contribution < 1.29 is 9.90 Å². The van der Waals surface area contributed by atoms with E-state index in [1.165, 1.54) is 4.90 Å². The monoisotopic (exact) mass is 289 g/mol. The normalized spacial score (nSPS) is 11.4. The summed E-state index contributed by atoms with van der Waals surface area (Å²) in [5.74, 6) is -0.132. The van der Waals surface area contributed by atoms with Crippen molar-refractivity contribution in [3.63, 3.8) is 0 Å². The lowest BCUT2D eigenvalue weighted by Crippen LogP contribution is -2.40. The first-order valence-electron chi connectivity index (χ1n) is 5.60. The second-order valence-corrected chi connectivity index (χ2v) is 5.75. The van der Waals surface area contributed by atoms with Gasteiger partial charge in [-0.25, -0.2) is 0 Å². The molecule has 18 heavy (non-hydrogen) atoms. The molecule has 1 N–H and O–H groups in total. The maximum Gasteiger partial charge on any atom is 0.226 e.